The summed E-state index contributed by atoms with van der Waals surface area (Å²) < 4.78 is 4.81. The maximum atomic E-state index is 11.6. The third-order valence-corrected chi connectivity index (χ3v) is 1.96. The van der Waals surface area contributed by atoms with E-state index in [0.29, 0.717) is 23.7 Å². The zero-order valence-corrected chi connectivity index (χ0v) is 8.48. The number of nitrogens with zero attached hydrogens (tertiary/aromatic N) is 2. The first-order valence-corrected chi connectivity index (χ1v) is 4.62. The molecule has 1 amide bonds. The lowest BCUT2D eigenvalue weighted by molar-refractivity contribution is -0.110. The van der Waals surface area contributed by atoms with Gasteiger partial charge in [0.15, 0.2) is 5.82 Å². The molecular formula is C9H11N3O3. The van der Waals surface area contributed by atoms with Crippen molar-refractivity contribution in [2.75, 3.05) is 5.32 Å². The number of anilines is 1. The predicted octanol–water partition coefficient (Wildman–Crippen LogP) is 1.09. The highest BCUT2D eigenvalue weighted by Crippen LogP contribution is 2.12. The van der Waals surface area contributed by atoms with E-state index in [1.165, 1.54) is 0 Å². The molecular weight excluding hydrogens is 198 g/mol. The number of nitrogens with one attached hydrogen (secondary N) is 1. The van der Waals surface area contributed by atoms with Gasteiger partial charge in [0.25, 0.3) is 5.91 Å². The molecule has 15 heavy (non-hydrogen) atoms. The third-order valence-electron chi connectivity index (χ3n) is 1.96. The van der Waals surface area contributed by atoms with Crippen LogP contribution in [0.5, 0.6) is 0 Å². The number of oxime groups is 1. The van der Waals surface area contributed by atoms with Gasteiger partial charge < -0.3 is 14.7 Å². The lowest BCUT2D eigenvalue weighted by Gasteiger charge is -1.98. The molecule has 0 radical (unpaired) electrons. The number of hydrogen-bond donors (Lipinski definition) is 1. The van der Waals surface area contributed by atoms with Gasteiger partial charge in [-0.25, -0.2) is 0 Å². The Balaban J connectivity index is 1.98. The van der Waals surface area contributed by atoms with E-state index in [1.54, 1.807) is 13.0 Å². The molecule has 1 aromatic rings. The van der Waals surface area contributed by atoms with Gasteiger partial charge in [0.05, 0.1) is 0 Å². The molecule has 1 aliphatic heterocycles. The summed E-state index contributed by atoms with van der Waals surface area (Å²) in [5.41, 5.74) is 0.378. The highest BCUT2D eigenvalue weighted by molar-refractivity contribution is 6.43. The average molecular weight is 209 g/mol. The van der Waals surface area contributed by atoms with Gasteiger partial charge >= 0.3 is 0 Å². The summed E-state index contributed by atoms with van der Waals surface area (Å²) in [5.74, 6) is 0.732. The Bertz CT molecular complexity index is 410. The third kappa shape index (κ3) is 2.15. The molecule has 0 fully saturated rings. The molecule has 2 rings (SSSR count). The molecule has 80 valence electrons. The van der Waals surface area contributed by atoms with E-state index in [2.05, 4.69) is 15.6 Å². The van der Waals surface area contributed by atoms with Crippen molar-refractivity contribution in [3.63, 3.8) is 0 Å². The fourth-order valence-electron chi connectivity index (χ4n) is 1.25. The van der Waals surface area contributed by atoms with Crippen molar-refractivity contribution in [2.45, 2.75) is 26.4 Å². The molecule has 0 bridgehead atoms. The topological polar surface area (TPSA) is 76.7 Å². The normalized spacial score (nSPS) is 19.6. The monoisotopic (exact) mass is 209 g/mol. The minimum absolute atomic E-state index is 0.0372. The predicted molar refractivity (Wildman–Crippen MR) is 52.5 cm³/mol. The molecule has 1 unspecified atom stereocenters. The zero-order valence-electron chi connectivity index (χ0n) is 8.48. The first kappa shape index (κ1) is 9.70. The summed E-state index contributed by atoms with van der Waals surface area (Å²) in [5, 5.41) is 9.88. The maximum absolute atomic E-state index is 11.6. The number of aromatic nitrogens is 1. The second kappa shape index (κ2) is 3.72. The molecule has 6 heteroatoms. The molecule has 0 saturated heterocycles. The maximum Gasteiger partial charge on any atom is 0.274 e. The molecule has 1 aromatic heterocycles. The smallest absolute Gasteiger partial charge is 0.274 e. The van der Waals surface area contributed by atoms with Crippen LogP contribution < -0.4 is 5.32 Å². The Kier molecular flexibility index (Phi) is 2.40. The number of hydrogen-bond acceptors (Lipinski definition) is 5. The van der Waals surface area contributed by atoms with Gasteiger partial charge in [-0.1, -0.05) is 10.3 Å². The first-order chi connectivity index (χ1) is 7.15. The molecule has 0 spiro atoms. The molecule has 1 atom stereocenters. The summed E-state index contributed by atoms with van der Waals surface area (Å²) in [6, 6.07) is 1.64. The van der Waals surface area contributed by atoms with E-state index in [1.807, 2.05) is 6.92 Å². The van der Waals surface area contributed by atoms with Gasteiger partial charge in [-0.15, -0.1) is 0 Å². The van der Waals surface area contributed by atoms with Crippen LogP contribution >= 0.6 is 0 Å². The molecule has 6 nitrogen and oxygen atoms in total. The Hall–Kier alpha value is -1.85. The van der Waals surface area contributed by atoms with Crippen molar-refractivity contribution in [2.24, 2.45) is 5.16 Å². The highest BCUT2D eigenvalue weighted by Gasteiger charge is 2.23. The van der Waals surface area contributed by atoms with Crippen molar-refractivity contribution in [3.8, 4) is 0 Å². The molecule has 0 saturated carbocycles. The highest BCUT2D eigenvalue weighted by atomic mass is 16.6. The van der Waals surface area contributed by atoms with Crippen LogP contribution in [0.1, 0.15) is 19.1 Å². The van der Waals surface area contributed by atoms with Crippen LogP contribution in [0, 0.1) is 6.92 Å². The van der Waals surface area contributed by atoms with Crippen LogP contribution in [-0.2, 0) is 9.63 Å². The minimum Gasteiger partial charge on any atom is -0.392 e. The first-order valence-electron chi connectivity index (χ1n) is 4.62. The second-order valence-electron chi connectivity index (χ2n) is 3.44. The van der Waals surface area contributed by atoms with Gasteiger partial charge in [0.2, 0.25) is 0 Å². The van der Waals surface area contributed by atoms with Crippen LogP contribution in [0.4, 0.5) is 5.82 Å². The summed E-state index contributed by atoms with van der Waals surface area (Å²) in [7, 11) is 0. The second-order valence-corrected chi connectivity index (χ2v) is 3.44. The number of carbonyl (C=O) groups is 1. The van der Waals surface area contributed by atoms with Crippen molar-refractivity contribution >= 4 is 17.4 Å². The molecule has 1 aliphatic rings. The van der Waals surface area contributed by atoms with Crippen LogP contribution in [-0.4, -0.2) is 22.9 Å². The van der Waals surface area contributed by atoms with Gasteiger partial charge in [-0.05, 0) is 13.8 Å². The fourth-order valence-corrected chi connectivity index (χ4v) is 1.25. The summed E-state index contributed by atoms with van der Waals surface area (Å²) >= 11 is 0. The average Bonchev–Trinajstić information content (AvgIpc) is 2.75. The zero-order chi connectivity index (χ0) is 10.8. The van der Waals surface area contributed by atoms with Crippen molar-refractivity contribution in [1.82, 2.24) is 5.16 Å². The van der Waals surface area contributed by atoms with E-state index in [4.69, 9.17) is 9.36 Å². The van der Waals surface area contributed by atoms with Crippen molar-refractivity contribution < 1.29 is 14.2 Å². The number of amides is 1. The van der Waals surface area contributed by atoms with Crippen LogP contribution in [0.2, 0.25) is 0 Å². The van der Waals surface area contributed by atoms with E-state index < -0.39 is 0 Å². The van der Waals surface area contributed by atoms with Crippen LogP contribution in [0.25, 0.3) is 0 Å². The quantitative estimate of drug-likeness (QED) is 0.790. The van der Waals surface area contributed by atoms with E-state index >= 15 is 0 Å². The Morgan fingerprint density at radius 2 is 2.47 bits per heavy atom. The lowest BCUT2D eigenvalue weighted by Crippen LogP contribution is -2.22. The minimum atomic E-state index is -0.298. The van der Waals surface area contributed by atoms with Crippen LogP contribution in [0.15, 0.2) is 15.7 Å². The van der Waals surface area contributed by atoms with E-state index in [9.17, 15) is 4.79 Å². The van der Waals surface area contributed by atoms with Crippen LogP contribution in [0.3, 0.4) is 0 Å². The van der Waals surface area contributed by atoms with Crippen molar-refractivity contribution in [1.29, 1.82) is 0 Å². The summed E-state index contributed by atoms with van der Waals surface area (Å²) in [4.78, 5) is 16.5. The Morgan fingerprint density at radius 3 is 3.00 bits per heavy atom. The molecule has 0 aliphatic carbocycles. The van der Waals surface area contributed by atoms with Gasteiger partial charge in [0, 0.05) is 12.5 Å². The largest absolute Gasteiger partial charge is 0.392 e. The van der Waals surface area contributed by atoms with Crippen molar-refractivity contribution in [3.05, 3.63) is 11.8 Å². The summed E-state index contributed by atoms with van der Waals surface area (Å²) in [6.07, 6.45) is 0.479. The lowest BCUT2D eigenvalue weighted by atomic mass is 10.2. The van der Waals surface area contributed by atoms with Gasteiger partial charge in [-0.2, -0.15) is 0 Å². The molecule has 0 aromatic carbocycles. The van der Waals surface area contributed by atoms with Gasteiger partial charge in [-0.3, -0.25) is 4.79 Å². The van der Waals surface area contributed by atoms with Gasteiger partial charge in [0.1, 0.15) is 17.6 Å². The number of carbonyl (C=O) groups excluding carboxylic acids is 1. The number of rotatable bonds is 2. The summed E-state index contributed by atoms with van der Waals surface area (Å²) in [6.45, 7) is 3.60. The Morgan fingerprint density at radius 1 is 1.67 bits per heavy atom. The van der Waals surface area contributed by atoms with E-state index in [0.717, 1.165) is 0 Å². The number of aryl methyl sites for hydroxylation is 1. The molecule has 2 heterocycles. The SMILES string of the molecule is Cc1cc(NC(=O)C2=NOC(C)C2)no1. The fraction of sp³-hybridized carbons (Fsp3) is 0.444. The molecule has 1 N–H and O–H groups in total. The standard InChI is InChI=1S/C9H11N3O3/c1-5-3-7(11-14-5)9(13)10-8-4-6(2)15-12-8/h4-5H,3H2,1-2H3,(H,10,12,13). The Labute approximate surface area is 86.3 Å². The van der Waals surface area contributed by atoms with E-state index in [-0.39, 0.29) is 12.0 Å².